The highest BCUT2D eigenvalue weighted by Crippen LogP contribution is 2.48. The standard InChI is InChI=1S/C48H62O28/c49-7-16-1-4-20-23(14-69-43(28(16)20)74-46-37(59)34(56)31(53)25(8-50)71-46)41(64)67-12-18-3-6-21-24(15-70-45(30(18)21)76-48-39(61)36(58)33(55)27(10-52)73-48)42(65)66-11-17-2-5-19-22(40(62)63)13-68-44(29(17)19)75-47-38(60)35(57)32(54)26(9-51)72-47/h1-3,13-15,19-21,25-39,43-61H,4-12H2,(H,62,63)/t19-,20-,21-,25-,26-,27-,28-,29-,30-,31-,32-,33-,34+,35+,36+,37-,38-,39-,43+,44+,45+,46+,47+,48+/m1/s1. The number of esters is 2. The van der Waals surface area contributed by atoms with E-state index in [9.17, 15) is 85.9 Å². The van der Waals surface area contributed by atoms with E-state index in [0.717, 1.165) is 18.8 Å². The summed E-state index contributed by atoms with van der Waals surface area (Å²) < 4.78 is 63.6. The van der Waals surface area contributed by atoms with Crippen LogP contribution < -0.4 is 0 Å². The Morgan fingerprint density at radius 2 is 0.750 bits per heavy atom. The minimum atomic E-state index is -1.87. The normalized spacial score (nSPS) is 43.7. The van der Waals surface area contributed by atoms with E-state index in [1.54, 1.807) is 18.2 Å². The third-order valence-corrected chi connectivity index (χ3v) is 15.5. The van der Waals surface area contributed by atoms with Crippen LogP contribution >= 0.6 is 0 Å². The molecule has 3 fully saturated rings. The molecule has 14 N–H and O–H groups in total. The van der Waals surface area contributed by atoms with Crippen molar-refractivity contribution < 1.29 is 138 Å². The first kappa shape index (κ1) is 56.2. The molecule has 422 valence electrons. The molecule has 0 amide bonds. The summed E-state index contributed by atoms with van der Waals surface area (Å²) in [5, 5.41) is 144. The summed E-state index contributed by atoms with van der Waals surface area (Å²) in [5.74, 6) is -8.35. The van der Waals surface area contributed by atoms with E-state index in [2.05, 4.69) is 0 Å². The Balaban J connectivity index is 0.904. The average molecular weight is 1090 g/mol. The first-order valence-electron chi connectivity index (χ1n) is 24.6. The Hall–Kier alpha value is -4.51. The molecule has 3 aliphatic carbocycles. The number of rotatable bonds is 17. The highest BCUT2D eigenvalue weighted by molar-refractivity contribution is 5.90. The Kier molecular flexibility index (Phi) is 17.3. The van der Waals surface area contributed by atoms with Crippen LogP contribution in [-0.2, 0) is 66.5 Å². The van der Waals surface area contributed by atoms with Crippen LogP contribution in [0.25, 0.3) is 0 Å². The third-order valence-electron chi connectivity index (χ3n) is 15.5. The molecule has 3 saturated heterocycles. The lowest BCUT2D eigenvalue weighted by Gasteiger charge is -2.43. The number of aliphatic hydroxyl groups is 13. The maximum Gasteiger partial charge on any atom is 0.337 e. The number of hydrogen-bond acceptors (Lipinski definition) is 27. The number of ether oxygens (including phenoxy) is 11. The number of carbonyl (C=O) groups excluding carboxylic acids is 2. The van der Waals surface area contributed by atoms with Crippen molar-refractivity contribution in [3.8, 4) is 0 Å². The summed E-state index contributed by atoms with van der Waals surface area (Å²) in [6, 6.07) is 0. The topological polar surface area (TPSA) is 436 Å². The van der Waals surface area contributed by atoms with Crippen molar-refractivity contribution in [2.45, 2.75) is 130 Å². The maximum atomic E-state index is 14.2. The lowest BCUT2D eigenvalue weighted by molar-refractivity contribution is -0.339. The van der Waals surface area contributed by atoms with Crippen LogP contribution in [0.1, 0.15) is 19.3 Å². The number of carbonyl (C=O) groups is 3. The fraction of sp³-hybridized carbons (Fsp3) is 0.688. The first-order valence-corrected chi connectivity index (χ1v) is 24.6. The number of carboxylic acid groups (broad SMARTS) is 1. The van der Waals surface area contributed by atoms with Crippen LogP contribution in [0.3, 0.4) is 0 Å². The summed E-state index contributed by atoms with van der Waals surface area (Å²) >= 11 is 0. The lowest BCUT2D eigenvalue weighted by atomic mass is 9.83. The monoisotopic (exact) mass is 1090 g/mol. The van der Waals surface area contributed by atoms with Gasteiger partial charge in [-0.15, -0.1) is 0 Å². The fourth-order valence-corrected chi connectivity index (χ4v) is 11.3. The quantitative estimate of drug-likeness (QED) is 0.0476. The molecule has 0 unspecified atom stereocenters. The van der Waals surface area contributed by atoms with Gasteiger partial charge in [-0.2, -0.15) is 0 Å². The van der Waals surface area contributed by atoms with Gasteiger partial charge in [0.05, 0.1) is 79.7 Å². The van der Waals surface area contributed by atoms with Gasteiger partial charge in [-0.3, -0.25) is 0 Å². The second kappa shape index (κ2) is 23.4. The highest BCUT2D eigenvalue weighted by atomic mass is 16.8. The maximum absolute atomic E-state index is 14.2. The number of fused-ring (bicyclic) bond motifs is 3. The van der Waals surface area contributed by atoms with E-state index < -0.39 is 204 Å². The van der Waals surface area contributed by atoms with Crippen molar-refractivity contribution in [1.29, 1.82) is 0 Å². The molecule has 0 bridgehead atoms. The van der Waals surface area contributed by atoms with Crippen LogP contribution in [0.4, 0.5) is 0 Å². The second-order valence-corrected chi connectivity index (χ2v) is 19.8. The highest BCUT2D eigenvalue weighted by Gasteiger charge is 2.54. The Bertz CT molecular complexity index is 2330. The largest absolute Gasteiger partial charge is 0.478 e. The molecule has 28 heteroatoms. The molecule has 24 atom stereocenters. The van der Waals surface area contributed by atoms with Crippen LogP contribution in [0.2, 0.25) is 0 Å². The van der Waals surface area contributed by atoms with Gasteiger partial charge in [0.25, 0.3) is 0 Å². The van der Waals surface area contributed by atoms with Crippen LogP contribution in [0.5, 0.6) is 0 Å². The van der Waals surface area contributed by atoms with E-state index in [1.807, 2.05) is 0 Å². The average Bonchev–Trinajstić information content (AvgIpc) is 4.18. The molecule has 76 heavy (non-hydrogen) atoms. The van der Waals surface area contributed by atoms with E-state index >= 15 is 0 Å². The summed E-state index contributed by atoms with van der Waals surface area (Å²) in [6.07, 6.45) is -20.7. The molecule has 0 aromatic heterocycles. The molecular weight excluding hydrogens is 1020 g/mol. The predicted octanol–water partition coefficient (Wildman–Crippen LogP) is -5.99. The Labute approximate surface area is 431 Å². The predicted molar refractivity (Wildman–Crippen MR) is 239 cm³/mol. The first-order chi connectivity index (χ1) is 36.4. The lowest BCUT2D eigenvalue weighted by Crippen LogP contribution is -2.60. The summed E-state index contributed by atoms with van der Waals surface area (Å²) in [4.78, 5) is 40.5. The Morgan fingerprint density at radius 3 is 1.08 bits per heavy atom. The van der Waals surface area contributed by atoms with Gasteiger partial charge < -0.3 is 124 Å². The molecule has 0 aromatic carbocycles. The zero-order valence-electron chi connectivity index (χ0n) is 40.2. The minimum absolute atomic E-state index is 0.00490. The molecule has 0 saturated carbocycles. The summed E-state index contributed by atoms with van der Waals surface area (Å²) in [6.45, 7) is -3.68. The molecular formula is C48H62O28. The zero-order valence-corrected chi connectivity index (χ0v) is 40.2. The van der Waals surface area contributed by atoms with Crippen LogP contribution in [-0.4, -0.2) is 240 Å². The third kappa shape index (κ3) is 10.6. The smallest absolute Gasteiger partial charge is 0.337 e. The van der Waals surface area contributed by atoms with E-state index in [1.165, 1.54) is 0 Å². The molecule has 9 rings (SSSR count). The van der Waals surface area contributed by atoms with E-state index in [0.29, 0.717) is 16.7 Å². The Morgan fingerprint density at radius 1 is 0.434 bits per heavy atom. The van der Waals surface area contributed by atoms with Crippen molar-refractivity contribution in [2.24, 2.45) is 35.5 Å². The number of allylic oxidation sites excluding steroid dienone is 3. The zero-order chi connectivity index (χ0) is 54.4. The van der Waals surface area contributed by atoms with E-state index in [4.69, 9.17) is 52.1 Å². The van der Waals surface area contributed by atoms with Gasteiger partial charge in [-0.25, -0.2) is 14.4 Å². The van der Waals surface area contributed by atoms with Gasteiger partial charge in [-0.1, -0.05) is 18.2 Å². The van der Waals surface area contributed by atoms with Crippen molar-refractivity contribution >= 4 is 17.9 Å². The van der Waals surface area contributed by atoms with E-state index in [-0.39, 0.29) is 36.0 Å². The van der Waals surface area contributed by atoms with Gasteiger partial charge in [-0.05, 0) is 36.0 Å². The number of carboxylic acids is 1. The van der Waals surface area contributed by atoms with Crippen molar-refractivity contribution in [2.75, 3.05) is 39.6 Å². The van der Waals surface area contributed by atoms with Gasteiger partial charge in [0.15, 0.2) is 18.9 Å². The number of aliphatic carboxylic acids is 1. The molecule has 6 aliphatic heterocycles. The molecule has 0 spiro atoms. The van der Waals surface area contributed by atoms with Gasteiger partial charge in [0.1, 0.15) is 86.5 Å². The molecule has 28 nitrogen and oxygen atoms in total. The second-order valence-electron chi connectivity index (χ2n) is 19.8. The number of aliphatic hydroxyl groups excluding tert-OH is 13. The van der Waals surface area contributed by atoms with Gasteiger partial charge in [0, 0.05) is 17.8 Å². The van der Waals surface area contributed by atoms with Crippen molar-refractivity contribution in [1.82, 2.24) is 0 Å². The van der Waals surface area contributed by atoms with Crippen molar-refractivity contribution in [3.63, 3.8) is 0 Å². The molecule has 0 radical (unpaired) electrons. The molecule has 0 aromatic rings. The molecule has 6 heterocycles. The van der Waals surface area contributed by atoms with Crippen molar-refractivity contribution in [3.05, 3.63) is 70.5 Å². The fourth-order valence-electron chi connectivity index (χ4n) is 11.3. The van der Waals surface area contributed by atoms with Crippen LogP contribution in [0.15, 0.2) is 70.5 Å². The molecule has 9 aliphatic rings. The number of hydrogen-bond donors (Lipinski definition) is 14. The van der Waals surface area contributed by atoms with Crippen LogP contribution in [0, 0.1) is 35.5 Å². The minimum Gasteiger partial charge on any atom is -0.478 e. The summed E-state index contributed by atoms with van der Waals surface area (Å²) in [7, 11) is 0. The SMILES string of the molecule is O=C(O)C1=CO[C@@H](O[C@@H]2O[C@H](CO)[C@@H](O)[C@H](O)[C@H]2O)[C@@H]2C(COC(=O)C3=CO[C@@H](O[C@@H]4O[C@H](CO)[C@@H](O)[C@H](O)[C@H]4O)[C@@H]4C(COC(=O)C5=CO[C@@H](O[C@@H]6O[C@H](CO)[C@@H](O)[C@H](O)[C@H]6O)[C@@H]6C(CO)=CC[C@H]56)=CC[C@H]34)=CC[C@H]12. The van der Waals surface area contributed by atoms with Gasteiger partial charge in [0.2, 0.25) is 18.9 Å². The summed E-state index contributed by atoms with van der Waals surface area (Å²) in [5.41, 5.74) is 0.851. The van der Waals surface area contributed by atoms with Gasteiger partial charge >= 0.3 is 17.9 Å².